The van der Waals surface area contributed by atoms with Crippen LogP contribution in [0.1, 0.15) is 0 Å². The van der Waals surface area contributed by atoms with Crippen molar-refractivity contribution in [3.63, 3.8) is 0 Å². The van der Waals surface area contributed by atoms with Crippen LogP contribution in [0.4, 0.5) is 0 Å². The highest BCUT2D eigenvalue weighted by atomic mass is 16.5. The lowest BCUT2D eigenvalue weighted by Crippen LogP contribution is -1.89. The molecule has 0 saturated heterocycles. The molecule has 0 aliphatic carbocycles. The van der Waals surface area contributed by atoms with Crippen molar-refractivity contribution in [2.24, 2.45) is 0 Å². The highest BCUT2D eigenvalue weighted by Gasteiger charge is 2.10. The zero-order valence-electron chi connectivity index (χ0n) is 13.4. The molecular weight excluding hydrogens is 294 g/mol. The molecule has 0 saturated carbocycles. The van der Waals surface area contributed by atoms with Gasteiger partial charge in [-0.3, -0.25) is 4.98 Å². The van der Waals surface area contributed by atoms with Crippen molar-refractivity contribution >= 4 is 10.8 Å². The molecule has 0 bridgehead atoms. The third-order valence-electron chi connectivity index (χ3n) is 4.23. The molecule has 0 aliphatic rings. The number of hydrogen-bond acceptors (Lipinski definition) is 2. The Hall–Kier alpha value is -3.13. The van der Waals surface area contributed by atoms with Crippen molar-refractivity contribution in [2.45, 2.75) is 0 Å². The maximum atomic E-state index is 5.28. The first-order valence-corrected chi connectivity index (χ1v) is 7.94. The summed E-state index contributed by atoms with van der Waals surface area (Å²) < 4.78 is 5.28. The molecular formula is C22H17NO. The van der Waals surface area contributed by atoms with Crippen molar-refractivity contribution in [1.29, 1.82) is 0 Å². The average Bonchev–Trinajstić information content (AvgIpc) is 2.68. The lowest BCUT2D eigenvalue weighted by atomic mass is 9.93. The fourth-order valence-corrected chi connectivity index (χ4v) is 2.98. The van der Waals surface area contributed by atoms with Crippen LogP contribution in [0, 0.1) is 0 Å². The third-order valence-corrected chi connectivity index (χ3v) is 4.23. The van der Waals surface area contributed by atoms with Gasteiger partial charge in [-0.05, 0) is 58.3 Å². The quantitative estimate of drug-likeness (QED) is 0.493. The maximum absolute atomic E-state index is 5.28. The van der Waals surface area contributed by atoms with Gasteiger partial charge < -0.3 is 4.74 Å². The van der Waals surface area contributed by atoms with Gasteiger partial charge in [0.25, 0.3) is 0 Å². The molecule has 2 nitrogen and oxygen atoms in total. The second-order valence-electron chi connectivity index (χ2n) is 5.69. The van der Waals surface area contributed by atoms with Crippen LogP contribution in [-0.4, -0.2) is 12.1 Å². The Labute approximate surface area is 141 Å². The number of pyridine rings is 1. The van der Waals surface area contributed by atoms with E-state index < -0.39 is 0 Å². The Morgan fingerprint density at radius 1 is 0.708 bits per heavy atom. The van der Waals surface area contributed by atoms with E-state index >= 15 is 0 Å². The molecule has 0 radical (unpaired) electrons. The molecule has 0 N–H and O–H groups in total. The van der Waals surface area contributed by atoms with Crippen molar-refractivity contribution in [1.82, 2.24) is 4.98 Å². The second kappa shape index (κ2) is 6.17. The molecule has 1 heterocycles. The molecule has 0 atom stereocenters. The molecule has 4 rings (SSSR count). The predicted octanol–water partition coefficient (Wildman–Crippen LogP) is 5.58. The van der Waals surface area contributed by atoms with Crippen LogP contribution < -0.4 is 4.74 Å². The Morgan fingerprint density at radius 3 is 2.00 bits per heavy atom. The van der Waals surface area contributed by atoms with Crippen LogP contribution in [-0.2, 0) is 0 Å². The minimum absolute atomic E-state index is 0.860. The van der Waals surface area contributed by atoms with Gasteiger partial charge in [0.05, 0.1) is 12.8 Å². The van der Waals surface area contributed by atoms with Gasteiger partial charge in [-0.25, -0.2) is 0 Å². The zero-order chi connectivity index (χ0) is 16.4. The van der Waals surface area contributed by atoms with Crippen LogP contribution >= 0.6 is 0 Å². The first-order chi connectivity index (χ1) is 11.8. The van der Waals surface area contributed by atoms with Crippen molar-refractivity contribution in [2.75, 3.05) is 7.11 Å². The molecule has 3 aromatic carbocycles. The van der Waals surface area contributed by atoms with E-state index in [0.29, 0.717) is 0 Å². The van der Waals surface area contributed by atoms with E-state index in [0.717, 1.165) is 22.6 Å². The van der Waals surface area contributed by atoms with Gasteiger partial charge in [0, 0.05) is 11.8 Å². The van der Waals surface area contributed by atoms with E-state index in [4.69, 9.17) is 4.74 Å². The summed E-state index contributed by atoms with van der Waals surface area (Å²) in [5.74, 6) is 0.860. The van der Waals surface area contributed by atoms with E-state index in [-0.39, 0.29) is 0 Å². The number of aromatic nitrogens is 1. The monoisotopic (exact) mass is 311 g/mol. The highest BCUT2D eigenvalue weighted by Crippen LogP contribution is 2.35. The van der Waals surface area contributed by atoms with Crippen LogP contribution in [0.25, 0.3) is 33.2 Å². The van der Waals surface area contributed by atoms with E-state index in [1.54, 1.807) is 7.11 Å². The number of rotatable bonds is 3. The van der Waals surface area contributed by atoms with E-state index in [1.807, 2.05) is 30.5 Å². The first-order valence-electron chi connectivity index (χ1n) is 7.94. The minimum atomic E-state index is 0.860. The van der Waals surface area contributed by atoms with Crippen molar-refractivity contribution in [3.8, 4) is 28.1 Å². The summed E-state index contributed by atoms with van der Waals surface area (Å²) in [6.45, 7) is 0. The summed E-state index contributed by atoms with van der Waals surface area (Å²) in [5, 5.41) is 2.44. The van der Waals surface area contributed by atoms with Crippen LogP contribution in [0.5, 0.6) is 5.75 Å². The molecule has 0 unspecified atom stereocenters. The molecule has 116 valence electrons. The molecule has 2 heteroatoms. The lowest BCUT2D eigenvalue weighted by molar-refractivity contribution is 0.415. The second-order valence-corrected chi connectivity index (χ2v) is 5.69. The smallest absolute Gasteiger partial charge is 0.118 e. The van der Waals surface area contributed by atoms with Gasteiger partial charge in [-0.1, -0.05) is 42.5 Å². The van der Waals surface area contributed by atoms with Gasteiger partial charge >= 0.3 is 0 Å². The highest BCUT2D eigenvalue weighted by molar-refractivity contribution is 5.95. The standard InChI is InChI=1S/C22H17NO/c1-24-19-11-9-16(10-12-19)20-14-17-6-2-3-7-18(17)15-21(20)22-8-4-5-13-23-22/h2-15H,1H3. The maximum Gasteiger partial charge on any atom is 0.118 e. The van der Waals surface area contributed by atoms with Gasteiger partial charge in [0.2, 0.25) is 0 Å². The Kier molecular flexibility index (Phi) is 3.72. The Bertz CT molecular complexity index is 976. The lowest BCUT2D eigenvalue weighted by Gasteiger charge is -2.12. The van der Waals surface area contributed by atoms with Gasteiger partial charge in [-0.15, -0.1) is 0 Å². The molecule has 4 aromatic rings. The molecule has 0 fully saturated rings. The zero-order valence-corrected chi connectivity index (χ0v) is 13.4. The largest absolute Gasteiger partial charge is 0.497 e. The van der Waals surface area contributed by atoms with Crippen molar-refractivity contribution < 1.29 is 4.74 Å². The van der Waals surface area contributed by atoms with Gasteiger partial charge in [-0.2, -0.15) is 0 Å². The van der Waals surface area contributed by atoms with Crippen LogP contribution in [0.2, 0.25) is 0 Å². The Balaban J connectivity index is 1.97. The number of ether oxygens (including phenoxy) is 1. The number of fused-ring (bicyclic) bond motifs is 1. The van der Waals surface area contributed by atoms with Crippen LogP contribution in [0.15, 0.2) is 85.1 Å². The number of methoxy groups -OCH3 is 1. The molecule has 24 heavy (non-hydrogen) atoms. The van der Waals surface area contributed by atoms with Crippen molar-refractivity contribution in [3.05, 3.63) is 85.1 Å². The summed E-state index contributed by atoms with van der Waals surface area (Å²) in [6, 6.07) is 27.1. The van der Waals surface area contributed by atoms with E-state index in [9.17, 15) is 0 Å². The molecule has 0 amide bonds. The molecule has 0 aliphatic heterocycles. The number of hydrogen-bond donors (Lipinski definition) is 0. The summed E-state index contributed by atoms with van der Waals surface area (Å²) in [7, 11) is 1.68. The summed E-state index contributed by atoms with van der Waals surface area (Å²) >= 11 is 0. The predicted molar refractivity (Wildman–Crippen MR) is 99.2 cm³/mol. The Morgan fingerprint density at radius 2 is 1.38 bits per heavy atom. The normalized spacial score (nSPS) is 10.7. The minimum Gasteiger partial charge on any atom is -0.497 e. The number of benzene rings is 3. The SMILES string of the molecule is COc1ccc(-c2cc3ccccc3cc2-c2ccccn2)cc1. The average molecular weight is 311 g/mol. The summed E-state index contributed by atoms with van der Waals surface area (Å²) in [5.41, 5.74) is 4.45. The summed E-state index contributed by atoms with van der Waals surface area (Å²) in [4.78, 5) is 4.55. The topological polar surface area (TPSA) is 22.1 Å². The third kappa shape index (κ3) is 2.63. The van der Waals surface area contributed by atoms with Crippen LogP contribution in [0.3, 0.4) is 0 Å². The van der Waals surface area contributed by atoms with Gasteiger partial charge in [0.1, 0.15) is 5.75 Å². The first kappa shape index (κ1) is 14.5. The van der Waals surface area contributed by atoms with E-state index in [1.165, 1.54) is 16.3 Å². The summed E-state index contributed by atoms with van der Waals surface area (Å²) in [6.07, 6.45) is 1.84. The fourth-order valence-electron chi connectivity index (χ4n) is 2.98. The van der Waals surface area contributed by atoms with E-state index in [2.05, 4.69) is 59.6 Å². The number of nitrogens with zero attached hydrogens (tertiary/aromatic N) is 1. The fraction of sp³-hybridized carbons (Fsp3) is 0.0455. The van der Waals surface area contributed by atoms with Gasteiger partial charge in [0.15, 0.2) is 0 Å². The molecule has 0 spiro atoms. The molecule has 1 aromatic heterocycles.